The molecule has 0 aliphatic carbocycles. The molecule has 2 aromatic carbocycles. The Labute approximate surface area is 148 Å². The van der Waals surface area contributed by atoms with Gasteiger partial charge in [-0.15, -0.1) is 0 Å². The van der Waals surface area contributed by atoms with Crippen molar-refractivity contribution in [3.63, 3.8) is 0 Å². The maximum absolute atomic E-state index is 12.2. The van der Waals surface area contributed by atoms with Gasteiger partial charge in [-0.05, 0) is 31.2 Å². The zero-order valence-corrected chi connectivity index (χ0v) is 15.3. The third-order valence-corrected chi connectivity index (χ3v) is 4.81. The van der Waals surface area contributed by atoms with Gasteiger partial charge in [-0.2, -0.15) is 0 Å². The van der Waals surface area contributed by atoms with Gasteiger partial charge in [-0.1, -0.05) is 29.8 Å². The van der Waals surface area contributed by atoms with Crippen LogP contribution in [0.5, 0.6) is 5.75 Å². The van der Waals surface area contributed by atoms with E-state index < -0.39 is 10.0 Å². The van der Waals surface area contributed by atoms with Crippen LogP contribution in [0.15, 0.2) is 48.5 Å². The van der Waals surface area contributed by atoms with E-state index in [9.17, 15) is 13.2 Å². The fraction of sp³-hybridized carbons (Fsp3) is 0.278. The van der Waals surface area contributed by atoms with E-state index in [4.69, 9.17) is 4.74 Å². The minimum absolute atomic E-state index is 0.0247. The van der Waals surface area contributed by atoms with Crippen molar-refractivity contribution < 1.29 is 17.9 Å². The molecule has 0 unspecified atom stereocenters. The number of sulfonamides is 1. The molecule has 0 saturated heterocycles. The molecule has 134 valence electrons. The number of benzene rings is 2. The quantitative estimate of drug-likeness (QED) is 0.822. The fourth-order valence-electron chi connectivity index (χ4n) is 2.36. The molecule has 1 N–H and O–H groups in total. The predicted molar refractivity (Wildman–Crippen MR) is 99.6 cm³/mol. The summed E-state index contributed by atoms with van der Waals surface area (Å²) in [5, 5.41) is 2.76. The second-order valence-corrected chi connectivity index (χ2v) is 7.58. The topological polar surface area (TPSA) is 75.7 Å². The summed E-state index contributed by atoms with van der Waals surface area (Å²) in [6.07, 6.45) is 1.14. The van der Waals surface area contributed by atoms with Crippen molar-refractivity contribution in [2.24, 2.45) is 0 Å². The van der Waals surface area contributed by atoms with Crippen molar-refractivity contribution in [3.05, 3.63) is 54.1 Å². The Morgan fingerprint density at radius 3 is 2.36 bits per heavy atom. The van der Waals surface area contributed by atoms with Gasteiger partial charge in [0, 0.05) is 18.7 Å². The second-order valence-electron chi connectivity index (χ2n) is 5.67. The SMILES string of the molecule is COc1ccccc1N(CCC(=O)Nc1ccc(C)cc1)S(C)(=O)=O. The molecule has 2 rings (SSSR count). The van der Waals surface area contributed by atoms with Crippen molar-refractivity contribution >= 4 is 27.3 Å². The van der Waals surface area contributed by atoms with Crippen molar-refractivity contribution in [1.29, 1.82) is 0 Å². The molecule has 0 aliphatic heterocycles. The van der Waals surface area contributed by atoms with Crippen LogP contribution in [0.1, 0.15) is 12.0 Å². The number of aryl methyl sites for hydroxylation is 1. The Morgan fingerprint density at radius 1 is 1.12 bits per heavy atom. The Bertz CT molecular complexity index is 832. The van der Waals surface area contributed by atoms with Gasteiger partial charge in [0.1, 0.15) is 5.75 Å². The lowest BCUT2D eigenvalue weighted by Crippen LogP contribution is -2.33. The molecule has 25 heavy (non-hydrogen) atoms. The van der Waals surface area contributed by atoms with Gasteiger partial charge >= 0.3 is 0 Å². The van der Waals surface area contributed by atoms with Crippen LogP contribution in [-0.4, -0.2) is 34.2 Å². The third-order valence-electron chi connectivity index (χ3n) is 3.63. The first kappa shape index (κ1) is 18.8. The molecule has 0 bridgehead atoms. The Morgan fingerprint density at radius 2 is 1.76 bits per heavy atom. The van der Waals surface area contributed by atoms with Gasteiger partial charge in [0.15, 0.2) is 0 Å². The number of anilines is 2. The van der Waals surface area contributed by atoms with E-state index in [0.717, 1.165) is 11.8 Å². The van der Waals surface area contributed by atoms with Gasteiger partial charge in [0.25, 0.3) is 0 Å². The molecule has 6 nitrogen and oxygen atoms in total. The average Bonchev–Trinajstić information content (AvgIpc) is 2.56. The molecule has 2 aromatic rings. The summed E-state index contributed by atoms with van der Waals surface area (Å²) >= 11 is 0. The Kier molecular flexibility index (Phi) is 6.03. The smallest absolute Gasteiger partial charge is 0.232 e. The molecule has 0 aromatic heterocycles. The van der Waals surface area contributed by atoms with Crippen LogP contribution in [0.4, 0.5) is 11.4 Å². The highest BCUT2D eigenvalue weighted by atomic mass is 32.2. The molecule has 0 aliphatic rings. The lowest BCUT2D eigenvalue weighted by atomic mass is 10.2. The summed E-state index contributed by atoms with van der Waals surface area (Å²) in [7, 11) is -2.08. The molecule has 0 saturated carbocycles. The lowest BCUT2D eigenvalue weighted by Gasteiger charge is -2.24. The first-order chi connectivity index (χ1) is 11.8. The van der Waals surface area contributed by atoms with Crippen LogP contribution >= 0.6 is 0 Å². The number of hydrogen-bond donors (Lipinski definition) is 1. The first-order valence-electron chi connectivity index (χ1n) is 7.78. The fourth-order valence-corrected chi connectivity index (χ4v) is 3.30. The number of amides is 1. The highest BCUT2D eigenvalue weighted by molar-refractivity contribution is 7.92. The highest BCUT2D eigenvalue weighted by Gasteiger charge is 2.21. The monoisotopic (exact) mass is 362 g/mol. The van der Waals surface area contributed by atoms with Gasteiger partial charge in [0.05, 0.1) is 19.1 Å². The molecule has 7 heteroatoms. The van der Waals surface area contributed by atoms with Gasteiger partial charge in [-0.3, -0.25) is 9.10 Å². The maximum Gasteiger partial charge on any atom is 0.232 e. The third kappa shape index (κ3) is 5.22. The predicted octanol–water partition coefficient (Wildman–Crippen LogP) is 2.80. The van der Waals surface area contributed by atoms with E-state index in [0.29, 0.717) is 17.1 Å². The number of nitrogens with one attached hydrogen (secondary N) is 1. The van der Waals surface area contributed by atoms with Crippen LogP contribution < -0.4 is 14.4 Å². The normalized spacial score (nSPS) is 11.0. The van der Waals surface area contributed by atoms with E-state index in [2.05, 4.69) is 5.32 Å². The molecule has 0 spiro atoms. The van der Waals surface area contributed by atoms with Crippen molar-refractivity contribution in [2.75, 3.05) is 29.5 Å². The zero-order chi connectivity index (χ0) is 18.4. The minimum Gasteiger partial charge on any atom is -0.495 e. The van der Waals surface area contributed by atoms with Crippen molar-refractivity contribution in [3.8, 4) is 5.75 Å². The second kappa shape index (κ2) is 8.02. The lowest BCUT2D eigenvalue weighted by molar-refractivity contribution is -0.116. The van der Waals surface area contributed by atoms with Crippen LogP contribution in [0.3, 0.4) is 0 Å². The molecular formula is C18H22N2O4S. The van der Waals surface area contributed by atoms with Crippen LogP contribution in [0.2, 0.25) is 0 Å². The Balaban J connectivity index is 2.10. The van der Waals surface area contributed by atoms with E-state index in [1.165, 1.54) is 11.4 Å². The number of rotatable bonds is 7. The summed E-state index contributed by atoms with van der Waals surface area (Å²) in [5.41, 5.74) is 2.19. The first-order valence-corrected chi connectivity index (χ1v) is 9.63. The van der Waals surface area contributed by atoms with Crippen LogP contribution in [-0.2, 0) is 14.8 Å². The maximum atomic E-state index is 12.2. The summed E-state index contributed by atoms with van der Waals surface area (Å²) < 4.78 is 30.7. The van der Waals surface area contributed by atoms with Gasteiger partial charge in [0.2, 0.25) is 15.9 Å². The zero-order valence-electron chi connectivity index (χ0n) is 14.5. The average molecular weight is 362 g/mol. The molecule has 1 amide bonds. The number of carbonyl (C=O) groups is 1. The minimum atomic E-state index is -3.55. The van der Waals surface area contributed by atoms with Crippen LogP contribution in [0, 0.1) is 6.92 Å². The summed E-state index contributed by atoms with van der Waals surface area (Å²) in [6.45, 7) is 1.99. The Hall–Kier alpha value is -2.54. The number of hydrogen-bond acceptors (Lipinski definition) is 4. The van der Waals surface area contributed by atoms with Gasteiger partial charge in [-0.25, -0.2) is 8.42 Å². The van der Waals surface area contributed by atoms with Crippen molar-refractivity contribution in [2.45, 2.75) is 13.3 Å². The van der Waals surface area contributed by atoms with E-state index in [1.54, 1.807) is 24.3 Å². The number of para-hydroxylation sites is 2. The van der Waals surface area contributed by atoms with Crippen LogP contribution in [0.25, 0.3) is 0 Å². The van der Waals surface area contributed by atoms with E-state index >= 15 is 0 Å². The standard InChI is InChI=1S/C18H22N2O4S/c1-14-8-10-15(11-9-14)19-18(21)12-13-20(25(3,22)23)16-6-4-5-7-17(16)24-2/h4-11H,12-13H2,1-3H3,(H,19,21). The summed E-state index contributed by atoms with van der Waals surface area (Å²) in [5.74, 6) is 0.180. The largest absolute Gasteiger partial charge is 0.495 e. The molecule has 0 atom stereocenters. The van der Waals surface area contributed by atoms with E-state index in [1.807, 2.05) is 31.2 Å². The molecule has 0 fully saturated rings. The molecule has 0 heterocycles. The van der Waals surface area contributed by atoms with Gasteiger partial charge < -0.3 is 10.1 Å². The summed E-state index contributed by atoms with van der Waals surface area (Å²) in [4.78, 5) is 12.2. The van der Waals surface area contributed by atoms with Crippen molar-refractivity contribution in [1.82, 2.24) is 0 Å². The highest BCUT2D eigenvalue weighted by Crippen LogP contribution is 2.29. The number of methoxy groups -OCH3 is 1. The number of ether oxygens (including phenoxy) is 1. The van der Waals surface area contributed by atoms with E-state index in [-0.39, 0.29) is 18.9 Å². The summed E-state index contributed by atoms with van der Waals surface area (Å²) in [6, 6.07) is 14.2. The number of carbonyl (C=O) groups excluding carboxylic acids is 1. The molecule has 0 radical (unpaired) electrons. The number of nitrogens with zero attached hydrogens (tertiary/aromatic N) is 1. The molecular weight excluding hydrogens is 340 g/mol.